The topological polar surface area (TPSA) is 27.8 Å². The molecule has 1 aromatic carbocycles. The minimum absolute atomic E-state index is 0.169. The molecule has 0 atom stereocenters. The summed E-state index contributed by atoms with van der Waals surface area (Å²) in [4.78, 5) is 3.32. The van der Waals surface area contributed by atoms with Crippen molar-refractivity contribution < 1.29 is 4.39 Å². The second-order valence-corrected chi connectivity index (χ2v) is 4.16. The van der Waals surface area contributed by atoms with E-state index in [9.17, 15) is 4.39 Å². The van der Waals surface area contributed by atoms with E-state index >= 15 is 0 Å². The van der Waals surface area contributed by atoms with Gasteiger partial charge in [-0.2, -0.15) is 0 Å². The van der Waals surface area contributed by atoms with Crippen LogP contribution < -0.4 is 5.32 Å². The van der Waals surface area contributed by atoms with Gasteiger partial charge in [-0.15, -0.1) is 0 Å². The number of halogens is 1. The highest BCUT2D eigenvalue weighted by Gasteiger charge is 2.04. The summed E-state index contributed by atoms with van der Waals surface area (Å²) >= 11 is 0. The van der Waals surface area contributed by atoms with Crippen LogP contribution in [0, 0.1) is 12.7 Å². The number of aromatic amines is 1. The summed E-state index contributed by atoms with van der Waals surface area (Å²) in [5.41, 5.74) is 3.10. The molecule has 0 saturated heterocycles. The lowest BCUT2D eigenvalue weighted by Gasteiger charge is -1.99. The maximum Gasteiger partial charge on any atom is 0.124 e. The molecule has 1 aromatic heterocycles. The van der Waals surface area contributed by atoms with E-state index in [1.807, 2.05) is 13.0 Å². The Morgan fingerprint density at radius 1 is 1.31 bits per heavy atom. The third-order valence-electron chi connectivity index (χ3n) is 2.69. The van der Waals surface area contributed by atoms with Crippen molar-refractivity contribution in [2.45, 2.75) is 26.8 Å². The first-order valence-corrected chi connectivity index (χ1v) is 5.69. The molecule has 2 N–H and O–H groups in total. The quantitative estimate of drug-likeness (QED) is 0.761. The molecule has 0 fully saturated rings. The number of rotatable bonds is 4. The molecule has 0 radical (unpaired) electrons. The SMILES string of the molecule is CCCNCc1cc2cc(F)cc(C)c2[nH]1. The van der Waals surface area contributed by atoms with Gasteiger partial charge in [0.1, 0.15) is 5.82 Å². The van der Waals surface area contributed by atoms with Crippen LogP contribution >= 0.6 is 0 Å². The number of aromatic nitrogens is 1. The molecule has 0 unspecified atom stereocenters. The smallest absolute Gasteiger partial charge is 0.124 e. The highest BCUT2D eigenvalue weighted by Crippen LogP contribution is 2.20. The van der Waals surface area contributed by atoms with Crippen LogP contribution in [0.2, 0.25) is 0 Å². The zero-order valence-electron chi connectivity index (χ0n) is 9.73. The van der Waals surface area contributed by atoms with Crippen molar-refractivity contribution in [3.63, 3.8) is 0 Å². The number of H-pyrrole nitrogens is 1. The number of benzene rings is 1. The van der Waals surface area contributed by atoms with Crippen molar-refractivity contribution in [3.8, 4) is 0 Å². The molecule has 1 heterocycles. The number of fused-ring (bicyclic) bond motifs is 1. The van der Waals surface area contributed by atoms with Gasteiger partial charge >= 0.3 is 0 Å². The third-order valence-corrected chi connectivity index (χ3v) is 2.69. The summed E-state index contributed by atoms with van der Waals surface area (Å²) < 4.78 is 13.2. The molecule has 2 aromatic rings. The molecule has 0 aliphatic rings. The molecular weight excluding hydrogens is 203 g/mol. The lowest BCUT2D eigenvalue weighted by molar-refractivity contribution is 0.628. The van der Waals surface area contributed by atoms with Gasteiger partial charge in [0.2, 0.25) is 0 Å². The molecular formula is C13H17FN2. The number of nitrogens with one attached hydrogen (secondary N) is 2. The Morgan fingerprint density at radius 2 is 2.12 bits per heavy atom. The summed E-state index contributed by atoms with van der Waals surface area (Å²) in [5, 5.41) is 4.27. The van der Waals surface area contributed by atoms with E-state index in [1.165, 1.54) is 0 Å². The third kappa shape index (κ3) is 2.25. The van der Waals surface area contributed by atoms with Crippen molar-refractivity contribution in [1.29, 1.82) is 0 Å². The molecule has 2 rings (SSSR count). The largest absolute Gasteiger partial charge is 0.357 e. The second-order valence-electron chi connectivity index (χ2n) is 4.16. The Morgan fingerprint density at radius 3 is 2.88 bits per heavy atom. The lowest BCUT2D eigenvalue weighted by Crippen LogP contribution is -2.13. The zero-order chi connectivity index (χ0) is 11.5. The Hall–Kier alpha value is -1.35. The number of aryl methyl sites for hydroxylation is 1. The van der Waals surface area contributed by atoms with E-state index in [0.717, 1.165) is 41.7 Å². The highest BCUT2D eigenvalue weighted by atomic mass is 19.1. The maximum absolute atomic E-state index is 13.2. The maximum atomic E-state index is 13.2. The Bertz CT molecular complexity index is 488. The Kier molecular flexibility index (Phi) is 3.25. The molecule has 0 saturated carbocycles. The first-order valence-electron chi connectivity index (χ1n) is 5.69. The molecule has 0 aliphatic heterocycles. The van der Waals surface area contributed by atoms with Crippen molar-refractivity contribution >= 4 is 10.9 Å². The molecule has 0 aliphatic carbocycles. The van der Waals surface area contributed by atoms with Crippen LogP contribution in [0.15, 0.2) is 18.2 Å². The predicted molar refractivity (Wildman–Crippen MR) is 65.0 cm³/mol. The van der Waals surface area contributed by atoms with Crippen LogP contribution in [0.4, 0.5) is 4.39 Å². The summed E-state index contributed by atoms with van der Waals surface area (Å²) in [5.74, 6) is -0.169. The van der Waals surface area contributed by atoms with Crippen LogP contribution in [0.3, 0.4) is 0 Å². The molecule has 0 spiro atoms. The average Bonchev–Trinajstić information content (AvgIpc) is 2.61. The van der Waals surface area contributed by atoms with Crippen molar-refractivity contribution in [3.05, 3.63) is 35.3 Å². The van der Waals surface area contributed by atoms with E-state index in [0.29, 0.717) is 0 Å². The minimum atomic E-state index is -0.169. The molecule has 0 bridgehead atoms. The van der Waals surface area contributed by atoms with Gasteiger partial charge in [-0.25, -0.2) is 4.39 Å². The monoisotopic (exact) mass is 220 g/mol. The molecule has 16 heavy (non-hydrogen) atoms. The van der Waals surface area contributed by atoms with Gasteiger partial charge in [0, 0.05) is 23.1 Å². The fourth-order valence-electron chi connectivity index (χ4n) is 1.93. The lowest BCUT2D eigenvalue weighted by atomic mass is 10.1. The highest BCUT2D eigenvalue weighted by molar-refractivity contribution is 5.83. The number of hydrogen-bond acceptors (Lipinski definition) is 1. The van der Waals surface area contributed by atoms with Gasteiger partial charge in [0.15, 0.2) is 0 Å². The zero-order valence-corrected chi connectivity index (χ0v) is 9.73. The van der Waals surface area contributed by atoms with Gasteiger partial charge in [-0.05, 0) is 43.7 Å². The van der Waals surface area contributed by atoms with Crippen molar-refractivity contribution in [2.24, 2.45) is 0 Å². The van der Waals surface area contributed by atoms with Gasteiger partial charge in [-0.3, -0.25) is 0 Å². The molecule has 86 valence electrons. The van der Waals surface area contributed by atoms with Crippen LogP contribution in [-0.4, -0.2) is 11.5 Å². The van der Waals surface area contributed by atoms with E-state index in [1.54, 1.807) is 12.1 Å². The molecule has 2 nitrogen and oxygen atoms in total. The Labute approximate surface area is 94.9 Å². The summed E-state index contributed by atoms with van der Waals surface area (Å²) in [6.07, 6.45) is 1.12. The standard InChI is InChI=1S/C13H17FN2/c1-3-4-15-8-12-7-10-6-11(14)5-9(2)13(10)16-12/h5-7,15-16H,3-4,8H2,1-2H3. The van der Waals surface area contributed by atoms with E-state index in [2.05, 4.69) is 17.2 Å². The Balaban J connectivity index is 2.26. The van der Waals surface area contributed by atoms with Crippen LogP contribution in [0.5, 0.6) is 0 Å². The normalized spacial score (nSPS) is 11.2. The van der Waals surface area contributed by atoms with Gasteiger partial charge in [0.05, 0.1) is 0 Å². The van der Waals surface area contributed by atoms with Crippen LogP contribution in [0.25, 0.3) is 10.9 Å². The fourth-order valence-corrected chi connectivity index (χ4v) is 1.93. The summed E-state index contributed by atoms with van der Waals surface area (Å²) in [6, 6.07) is 5.14. The average molecular weight is 220 g/mol. The minimum Gasteiger partial charge on any atom is -0.357 e. The first-order chi connectivity index (χ1) is 7.70. The predicted octanol–water partition coefficient (Wildman–Crippen LogP) is 3.12. The van der Waals surface area contributed by atoms with Crippen LogP contribution in [0.1, 0.15) is 24.6 Å². The van der Waals surface area contributed by atoms with Gasteiger partial charge < -0.3 is 10.3 Å². The van der Waals surface area contributed by atoms with Gasteiger partial charge in [0.25, 0.3) is 0 Å². The van der Waals surface area contributed by atoms with Gasteiger partial charge in [-0.1, -0.05) is 6.92 Å². The van der Waals surface area contributed by atoms with Crippen LogP contribution in [-0.2, 0) is 6.54 Å². The first kappa shape index (κ1) is 11.1. The van der Waals surface area contributed by atoms with Crippen molar-refractivity contribution in [2.75, 3.05) is 6.54 Å². The fraction of sp³-hybridized carbons (Fsp3) is 0.385. The summed E-state index contributed by atoms with van der Waals surface area (Å²) in [7, 11) is 0. The summed E-state index contributed by atoms with van der Waals surface area (Å²) in [6.45, 7) is 5.87. The molecule has 3 heteroatoms. The van der Waals surface area contributed by atoms with Crippen molar-refractivity contribution in [1.82, 2.24) is 10.3 Å². The molecule has 0 amide bonds. The van der Waals surface area contributed by atoms with E-state index in [4.69, 9.17) is 0 Å². The second kappa shape index (κ2) is 4.66. The van der Waals surface area contributed by atoms with E-state index in [-0.39, 0.29) is 5.82 Å². The number of hydrogen-bond donors (Lipinski definition) is 2. The van der Waals surface area contributed by atoms with E-state index < -0.39 is 0 Å².